The van der Waals surface area contributed by atoms with Crippen LogP contribution >= 0.6 is 11.6 Å². The highest BCUT2D eigenvalue weighted by molar-refractivity contribution is 6.33. The summed E-state index contributed by atoms with van der Waals surface area (Å²) >= 11 is 5.83. The van der Waals surface area contributed by atoms with Crippen molar-refractivity contribution in [3.05, 3.63) is 34.6 Å². The Labute approximate surface area is 91.3 Å². The number of hydrogen-bond acceptors (Lipinski definition) is 2. The molecule has 0 heterocycles. The lowest BCUT2D eigenvalue weighted by atomic mass is 10.2. The maximum absolute atomic E-state index is 13.3. The van der Waals surface area contributed by atoms with Crippen LogP contribution in [0.1, 0.15) is 5.56 Å². The molecule has 0 unspecified atom stereocenters. The van der Waals surface area contributed by atoms with Crippen LogP contribution in [0.4, 0.5) is 4.39 Å². The molecule has 0 aliphatic heterocycles. The van der Waals surface area contributed by atoms with E-state index in [-0.39, 0.29) is 10.6 Å². The molecule has 0 saturated heterocycles. The average molecular weight is 230 g/mol. The third-order valence-corrected chi connectivity index (χ3v) is 2.12. The maximum Gasteiger partial charge on any atom is 0.241 e. The van der Waals surface area contributed by atoms with Crippen molar-refractivity contribution < 1.29 is 13.9 Å². The first-order chi connectivity index (χ1) is 7.06. The van der Waals surface area contributed by atoms with Crippen LogP contribution in [0.25, 0.3) is 6.08 Å². The minimum absolute atomic E-state index is 0.0785. The standard InChI is InChI=1S/C10H9ClFNO2/c1-15-8-4-3-7(12)6(10(8)11)2-5-9(13)14/h2-5H,1H3,(H2,13,14)/b5-2+. The molecule has 1 aromatic carbocycles. The molecule has 0 aliphatic rings. The Bertz CT molecular complexity index is 418. The minimum atomic E-state index is -0.673. The van der Waals surface area contributed by atoms with Crippen molar-refractivity contribution in [3.63, 3.8) is 0 Å². The van der Waals surface area contributed by atoms with Gasteiger partial charge < -0.3 is 10.5 Å². The van der Waals surface area contributed by atoms with Gasteiger partial charge in [-0.1, -0.05) is 11.6 Å². The Morgan fingerprint density at radius 3 is 2.80 bits per heavy atom. The van der Waals surface area contributed by atoms with Crippen LogP contribution in [0.3, 0.4) is 0 Å². The van der Waals surface area contributed by atoms with Gasteiger partial charge >= 0.3 is 0 Å². The van der Waals surface area contributed by atoms with Crippen molar-refractivity contribution in [2.24, 2.45) is 5.73 Å². The largest absolute Gasteiger partial charge is 0.495 e. The maximum atomic E-state index is 13.3. The van der Waals surface area contributed by atoms with E-state index in [9.17, 15) is 9.18 Å². The fraction of sp³-hybridized carbons (Fsp3) is 0.100. The molecule has 0 bridgehead atoms. The van der Waals surface area contributed by atoms with E-state index in [0.29, 0.717) is 5.75 Å². The number of rotatable bonds is 3. The van der Waals surface area contributed by atoms with Crippen LogP contribution in [0.2, 0.25) is 5.02 Å². The van der Waals surface area contributed by atoms with E-state index in [4.69, 9.17) is 22.1 Å². The lowest BCUT2D eigenvalue weighted by molar-refractivity contribution is -0.113. The summed E-state index contributed by atoms with van der Waals surface area (Å²) in [5.74, 6) is -0.881. The fourth-order valence-electron chi connectivity index (χ4n) is 1.03. The monoisotopic (exact) mass is 229 g/mol. The minimum Gasteiger partial charge on any atom is -0.495 e. The molecule has 0 atom stereocenters. The van der Waals surface area contributed by atoms with Gasteiger partial charge in [0, 0.05) is 11.6 Å². The van der Waals surface area contributed by atoms with E-state index in [1.807, 2.05) is 0 Å². The number of halogens is 2. The van der Waals surface area contributed by atoms with Crippen molar-refractivity contribution in [1.82, 2.24) is 0 Å². The smallest absolute Gasteiger partial charge is 0.241 e. The first-order valence-corrected chi connectivity index (χ1v) is 4.43. The molecule has 2 N–H and O–H groups in total. The topological polar surface area (TPSA) is 52.3 Å². The SMILES string of the molecule is COc1ccc(F)c(/C=C/C(N)=O)c1Cl. The molecular weight excluding hydrogens is 221 g/mol. The molecule has 0 fully saturated rings. The molecule has 80 valence electrons. The molecule has 15 heavy (non-hydrogen) atoms. The van der Waals surface area contributed by atoms with Crippen LogP contribution < -0.4 is 10.5 Å². The van der Waals surface area contributed by atoms with Crippen molar-refractivity contribution >= 4 is 23.6 Å². The Hall–Kier alpha value is -1.55. The van der Waals surface area contributed by atoms with E-state index >= 15 is 0 Å². The summed E-state index contributed by atoms with van der Waals surface area (Å²) in [5, 5.41) is 0.106. The summed E-state index contributed by atoms with van der Waals surface area (Å²) in [6, 6.07) is 2.60. The number of nitrogens with two attached hydrogens (primary N) is 1. The quantitative estimate of drug-likeness (QED) is 0.806. The van der Waals surface area contributed by atoms with Gasteiger partial charge in [-0.3, -0.25) is 4.79 Å². The Balaban J connectivity index is 3.21. The van der Waals surface area contributed by atoms with Gasteiger partial charge in [0.1, 0.15) is 11.6 Å². The van der Waals surface area contributed by atoms with E-state index in [1.165, 1.54) is 25.3 Å². The molecule has 0 spiro atoms. The number of carbonyl (C=O) groups excluding carboxylic acids is 1. The predicted molar refractivity (Wildman–Crippen MR) is 56.2 cm³/mol. The summed E-state index contributed by atoms with van der Waals surface area (Å²) < 4.78 is 18.2. The molecule has 1 aromatic rings. The number of primary amides is 1. The second kappa shape index (κ2) is 4.79. The van der Waals surface area contributed by atoms with Crippen molar-refractivity contribution in [2.75, 3.05) is 7.11 Å². The van der Waals surface area contributed by atoms with Crippen LogP contribution in [0, 0.1) is 5.82 Å². The summed E-state index contributed by atoms with van der Waals surface area (Å²) in [6.07, 6.45) is 2.24. The summed E-state index contributed by atoms with van der Waals surface area (Å²) in [4.78, 5) is 10.5. The third kappa shape index (κ3) is 2.70. The van der Waals surface area contributed by atoms with Gasteiger partial charge in [-0.25, -0.2) is 4.39 Å². The number of carbonyl (C=O) groups is 1. The Morgan fingerprint density at radius 2 is 2.27 bits per heavy atom. The summed E-state index contributed by atoms with van der Waals surface area (Å²) in [6.45, 7) is 0. The van der Waals surface area contributed by atoms with Gasteiger partial charge in [-0.2, -0.15) is 0 Å². The zero-order valence-electron chi connectivity index (χ0n) is 7.96. The first kappa shape index (κ1) is 11.5. The second-order valence-corrected chi connectivity index (χ2v) is 3.09. The van der Waals surface area contributed by atoms with Crippen LogP contribution in [-0.4, -0.2) is 13.0 Å². The van der Waals surface area contributed by atoms with Gasteiger partial charge in [0.2, 0.25) is 5.91 Å². The lowest BCUT2D eigenvalue weighted by Crippen LogP contribution is -2.05. The normalized spacial score (nSPS) is 10.6. The molecule has 0 saturated carbocycles. The Kier molecular flexibility index (Phi) is 3.68. The average Bonchev–Trinajstić information content (AvgIpc) is 2.17. The molecule has 0 radical (unpaired) electrons. The fourth-order valence-corrected chi connectivity index (χ4v) is 1.32. The molecule has 1 rings (SSSR count). The van der Waals surface area contributed by atoms with Crippen molar-refractivity contribution in [3.8, 4) is 5.75 Å². The molecule has 0 aromatic heterocycles. The molecule has 3 nitrogen and oxygen atoms in total. The second-order valence-electron chi connectivity index (χ2n) is 2.71. The zero-order chi connectivity index (χ0) is 11.4. The number of hydrogen-bond donors (Lipinski definition) is 1. The highest BCUT2D eigenvalue weighted by Crippen LogP contribution is 2.30. The van der Waals surface area contributed by atoms with Gasteiger partial charge in [-0.15, -0.1) is 0 Å². The van der Waals surface area contributed by atoms with Crippen molar-refractivity contribution in [2.45, 2.75) is 0 Å². The van der Waals surface area contributed by atoms with Crippen LogP contribution in [0.15, 0.2) is 18.2 Å². The molecule has 1 amide bonds. The van der Waals surface area contributed by atoms with E-state index in [2.05, 4.69) is 0 Å². The van der Waals surface area contributed by atoms with E-state index in [1.54, 1.807) is 0 Å². The van der Waals surface area contributed by atoms with Crippen LogP contribution in [0.5, 0.6) is 5.75 Å². The highest BCUT2D eigenvalue weighted by atomic mass is 35.5. The van der Waals surface area contributed by atoms with Gasteiger partial charge in [-0.05, 0) is 18.2 Å². The number of amides is 1. The first-order valence-electron chi connectivity index (χ1n) is 4.05. The lowest BCUT2D eigenvalue weighted by Gasteiger charge is -2.06. The number of methoxy groups -OCH3 is 1. The number of benzene rings is 1. The van der Waals surface area contributed by atoms with Gasteiger partial charge in [0.15, 0.2) is 0 Å². The van der Waals surface area contributed by atoms with Crippen molar-refractivity contribution in [1.29, 1.82) is 0 Å². The Morgan fingerprint density at radius 1 is 1.60 bits per heavy atom. The van der Waals surface area contributed by atoms with Gasteiger partial charge in [0.05, 0.1) is 12.1 Å². The zero-order valence-corrected chi connectivity index (χ0v) is 8.72. The summed E-state index contributed by atoms with van der Waals surface area (Å²) in [5.41, 5.74) is 4.97. The summed E-state index contributed by atoms with van der Waals surface area (Å²) in [7, 11) is 1.42. The van der Waals surface area contributed by atoms with E-state index < -0.39 is 11.7 Å². The third-order valence-electron chi connectivity index (χ3n) is 1.73. The van der Waals surface area contributed by atoms with E-state index in [0.717, 1.165) is 6.08 Å². The number of ether oxygens (including phenoxy) is 1. The van der Waals surface area contributed by atoms with Gasteiger partial charge in [0.25, 0.3) is 0 Å². The van der Waals surface area contributed by atoms with Crippen LogP contribution in [-0.2, 0) is 4.79 Å². The molecular formula is C10H9ClFNO2. The molecule has 5 heteroatoms. The highest BCUT2D eigenvalue weighted by Gasteiger charge is 2.09. The molecule has 0 aliphatic carbocycles. The predicted octanol–water partition coefficient (Wildman–Crippen LogP) is 1.99.